The number of amides is 1. The first kappa shape index (κ1) is 12.9. The number of carbonyl (C=O) groups is 1. The minimum absolute atomic E-state index is 0.0361. The number of aliphatic hydroxyl groups is 1. The summed E-state index contributed by atoms with van der Waals surface area (Å²) in [6.07, 6.45) is -0.129. The molecule has 0 saturated carbocycles. The van der Waals surface area contributed by atoms with Gasteiger partial charge in [0, 0.05) is 20.0 Å². The largest absolute Gasteiger partial charge is 0.480 e. The summed E-state index contributed by atoms with van der Waals surface area (Å²) in [6.45, 7) is 4.39. The lowest BCUT2D eigenvalue weighted by Crippen LogP contribution is -2.29. The Kier molecular flexibility index (Phi) is 3.57. The average molecular weight is 249 g/mol. The van der Waals surface area contributed by atoms with Crippen LogP contribution < -0.4 is 4.74 Å². The van der Waals surface area contributed by atoms with E-state index in [1.165, 1.54) is 0 Å². The predicted molar refractivity (Wildman–Crippen MR) is 68.5 cm³/mol. The Morgan fingerprint density at radius 3 is 2.72 bits per heavy atom. The Labute approximate surface area is 107 Å². The third-order valence-corrected chi connectivity index (χ3v) is 3.33. The molecule has 98 valence electrons. The van der Waals surface area contributed by atoms with Gasteiger partial charge in [0.15, 0.2) is 6.10 Å². The second-order valence-electron chi connectivity index (χ2n) is 4.86. The van der Waals surface area contributed by atoms with Gasteiger partial charge in [0.2, 0.25) is 0 Å². The number of benzene rings is 1. The molecule has 1 unspecified atom stereocenters. The van der Waals surface area contributed by atoms with E-state index in [2.05, 4.69) is 0 Å². The van der Waals surface area contributed by atoms with Crippen LogP contribution in [0, 0.1) is 6.92 Å². The summed E-state index contributed by atoms with van der Waals surface area (Å²) in [5, 5.41) is 9.50. The molecule has 2 rings (SSSR count). The monoisotopic (exact) mass is 249 g/mol. The van der Waals surface area contributed by atoms with Crippen LogP contribution >= 0.6 is 0 Å². The molecule has 0 radical (unpaired) electrons. The van der Waals surface area contributed by atoms with Crippen molar-refractivity contribution in [3.05, 3.63) is 29.3 Å². The van der Waals surface area contributed by atoms with Gasteiger partial charge in [0.1, 0.15) is 5.75 Å². The van der Waals surface area contributed by atoms with Crippen molar-refractivity contribution in [1.29, 1.82) is 0 Å². The van der Waals surface area contributed by atoms with Crippen LogP contribution in [0.25, 0.3) is 0 Å². The molecule has 18 heavy (non-hydrogen) atoms. The number of aryl methyl sites for hydroxylation is 1. The molecule has 1 aromatic rings. The molecule has 1 aromatic carbocycles. The fourth-order valence-electron chi connectivity index (χ4n) is 2.12. The van der Waals surface area contributed by atoms with Gasteiger partial charge in [-0.15, -0.1) is 0 Å². The highest BCUT2D eigenvalue weighted by atomic mass is 16.5. The number of aliphatic hydroxyl groups excluding tert-OH is 1. The van der Waals surface area contributed by atoms with Gasteiger partial charge in [0.25, 0.3) is 5.91 Å². The van der Waals surface area contributed by atoms with Crippen molar-refractivity contribution in [1.82, 2.24) is 4.90 Å². The quantitative estimate of drug-likeness (QED) is 0.886. The fraction of sp³-hybridized carbons (Fsp3) is 0.500. The van der Waals surface area contributed by atoms with Crippen molar-refractivity contribution in [3.8, 4) is 5.75 Å². The molecule has 4 heteroatoms. The van der Waals surface area contributed by atoms with Crippen molar-refractivity contribution in [2.75, 3.05) is 13.6 Å². The lowest BCUT2D eigenvalue weighted by Gasteiger charge is -2.16. The Bertz CT molecular complexity index is 456. The molecule has 0 spiro atoms. The van der Waals surface area contributed by atoms with Gasteiger partial charge in [0.05, 0.1) is 6.10 Å². The molecule has 2 atom stereocenters. The van der Waals surface area contributed by atoms with Gasteiger partial charge in [-0.25, -0.2) is 0 Å². The zero-order valence-corrected chi connectivity index (χ0v) is 11.0. The number of likely N-dealkylation sites (tertiary alicyclic amines) is 1. The van der Waals surface area contributed by atoms with E-state index in [1.54, 1.807) is 18.9 Å². The zero-order chi connectivity index (χ0) is 13.3. The molecule has 1 saturated heterocycles. The van der Waals surface area contributed by atoms with E-state index in [4.69, 9.17) is 4.74 Å². The Morgan fingerprint density at radius 1 is 1.50 bits per heavy atom. The molecule has 0 bridgehead atoms. The molecular weight excluding hydrogens is 230 g/mol. The molecule has 0 aromatic heterocycles. The predicted octanol–water partition coefficient (Wildman–Crippen LogP) is 1.66. The number of hydrogen-bond donors (Lipinski definition) is 1. The highest BCUT2D eigenvalue weighted by Gasteiger charge is 2.31. The Balaban J connectivity index is 2.13. The number of ether oxygens (including phenoxy) is 1. The zero-order valence-electron chi connectivity index (χ0n) is 11.0. The van der Waals surface area contributed by atoms with E-state index < -0.39 is 6.10 Å². The Morgan fingerprint density at radius 2 is 2.22 bits per heavy atom. The van der Waals surface area contributed by atoms with Crippen LogP contribution in [-0.2, 0) is 4.79 Å². The van der Waals surface area contributed by atoms with E-state index in [1.807, 2.05) is 25.1 Å². The van der Waals surface area contributed by atoms with Crippen molar-refractivity contribution in [2.45, 2.75) is 32.5 Å². The topological polar surface area (TPSA) is 49.8 Å². The molecule has 0 aliphatic carbocycles. The van der Waals surface area contributed by atoms with E-state index in [0.717, 1.165) is 24.1 Å². The Hall–Kier alpha value is -1.55. The summed E-state index contributed by atoms with van der Waals surface area (Å²) < 4.78 is 5.75. The summed E-state index contributed by atoms with van der Waals surface area (Å²) in [7, 11) is 1.79. The van der Waals surface area contributed by atoms with Gasteiger partial charge in [-0.05, 0) is 37.1 Å². The van der Waals surface area contributed by atoms with Crippen LogP contribution in [0.2, 0.25) is 0 Å². The molecule has 1 heterocycles. The molecule has 1 N–H and O–H groups in total. The van der Waals surface area contributed by atoms with Gasteiger partial charge < -0.3 is 14.7 Å². The third kappa shape index (κ3) is 2.48. The van der Waals surface area contributed by atoms with Crippen LogP contribution in [0.5, 0.6) is 5.75 Å². The highest BCUT2D eigenvalue weighted by Crippen LogP contribution is 2.25. The van der Waals surface area contributed by atoms with Crippen molar-refractivity contribution < 1.29 is 14.6 Å². The lowest BCUT2D eigenvalue weighted by molar-refractivity contribution is -0.132. The molecule has 1 aliphatic heterocycles. The second kappa shape index (κ2) is 4.98. The smallest absolute Gasteiger partial charge is 0.263 e. The minimum atomic E-state index is -0.489. The van der Waals surface area contributed by atoms with E-state index in [0.29, 0.717) is 5.75 Å². The summed E-state index contributed by atoms with van der Waals surface area (Å²) in [6, 6.07) is 5.54. The first-order valence-electron chi connectivity index (χ1n) is 6.19. The summed E-state index contributed by atoms with van der Waals surface area (Å²) in [5.41, 5.74) is 1.80. The van der Waals surface area contributed by atoms with Gasteiger partial charge in [-0.3, -0.25) is 4.79 Å². The van der Waals surface area contributed by atoms with Crippen molar-refractivity contribution in [3.63, 3.8) is 0 Å². The van der Waals surface area contributed by atoms with Gasteiger partial charge in [-0.2, -0.15) is 0 Å². The minimum Gasteiger partial charge on any atom is -0.480 e. The number of likely N-dealkylation sites (N-methyl/N-ethyl adjacent to an activating group) is 1. The first-order valence-corrected chi connectivity index (χ1v) is 6.19. The van der Waals surface area contributed by atoms with Crippen LogP contribution in [0.15, 0.2) is 18.2 Å². The van der Waals surface area contributed by atoms with Crippen LogP contribution in [0.1, 0.15) is 30.6 Å². The maximum Gasteiger partial charge on any atom is 0.263 e. The maximum atomic E-state index is 11.8. The van der Waals surface area contributed by atoms with Crippen LogP contribution in [0.3, 0.4) is 0 Å². The molecule has 1 fully saturated rings. The normalized spacial score (nSPS) is 21.2. The molecule has 1 aliphatic rings. The average Bonchev–Trinajstić information content (AvgIpc) is 2.63. The van der Waals surface area contributed by atoms with E-state index in [-0.39, 0.29) is 12.0 Å². The lowest BCUT2D eigenvalue weighted by atomic mass is 10.1. The van der Waals surface area contributed by atoms with Crippen LogP contribution in [-0.4, -0.2) is 35.6 Å². The maximum absolute atomic E-state index is 11.8. The third-order valence-electron chi connectivity index (χ3n) is 3.33. The first-order chi connectivity index (χ1) is 8.49. The molecule has 4 nitrogen and oxygen atoms in total. The van der Waals surface area contributed by atoms with Gasteiger partial charge in [-0.1, -0.05) is 6.07 Å². The molecular formula is C14H19NO3. The van der Waals surface area contributed by atoms with Crippen molar-refractivity contribution >= 4 is 5.91 Å². The van der Waals surface area contributed by atoms with Crippen LogP contribution in [0.4, 0.5) is 0 Å². The summed E-state index contributed by atoms with van der Waals surface area (Å²) >= 11 is 0. The fourth-order valence-corrected chi connectivity index (χ4v) is 2.12. The summed E-state index contributed by atoms with van der Waals surface area (Å²) in [5.74, 6) is 0.752. The summed E-state index contributed by atoms with van der Waals surface area (Å²) in [4.78, 5) is 13.4. The SMILES string of the molecule is Cc1cc([C@@H](C)O)ccc1OC1CCN(C)C1=O. The number of hydrogen-bond acceptors (Lipinski definition) is 3. The standard InChI is InChI=1S/C14H19NO3/c1-9-8-11(10(2)16)4-5-12(9)18-13-6-7-15(3)14(13)17/h4-5,8,10,13,16H,6-7H2,1-3H3/t10-,13?/m1/s1. The number of rotatable bonds is 3. The molecule has 1 amide bonds. The number of carbonyl (C=O) groups excluding carboxylic acids is 1. The highest BCUT2D eigenvalue weighted by molar-refractivity contribution is 5.83. The van der Waals surface area contributed by atoms with E-state index >= 15 is 0 Å². The van der Waals surface area contributed by atoms with E-state index in [9.17, 15) is 9.90 Å². The second-order valence-corrected chi connectivity index (χ2v) is 4.86. The van der Waals surface area contributed by atoms with Gasteiger partial charge >= 0.3 is 0 Å². The van der Waals surface area contributed by atoms with Crippen molar-refractivity contribution in [2.24, 2.45) is 0 Å². The number of nitrogens with zero attached hydrogens (tertiary/aromatic N) is 1.